The molecule has 31 heavy (non-hydrogen) atoms. The fourth-order valence-corrected chi connectivity index (χ4v) is 6.27. The van der Waals surface area contributed by atoms with Crippen LogP contribution >= 0.6 is 0 Å². The fourth-order valence-electron chi connectivity index (χ4n) is 6.27. The summed E-state index contributed by atoms with van der Waals surface area (Å²) in [5.41, 5.74) is 1.81. The zero-order valence-electron chi connectivity index (χ0n) is 18.7. The SMILES string of the molecule is CC(C)CC[C@H]1[C@H]2C[C@H](CN(C(=O)Cc3[nH]nc4ccccc34)C2)[C@@H]2CCCC(=O)N21. The van der Waals surface area contributed by atoms with E-state index in [4.69, 9.17) is 0 Å². The van der Waals surface area contributed by atoms with Gasteiger partial charge in [-0.05, 0) is 55.9 Å². The van der Waals surface area contributed by atoms with Gasteiger partial charge in [0, 0.05) is 37.0 Å². The van der Waals surface area contributed by atoms with Crippen molar-refractivity contribution in [2.75, 3.05) is 13.1 Å². The lowest BCUT2D eigenvalue weighted by Crippen LogP contribution is -2.65. The number of amides is 2. The molecule has 4 atom stereocenters. The molecule has 1 aromatic heterocycles. The van der Waals surface area contributed by atoms with E-state index in [9.17, 15) is 9.59 Å². The monoisotopic (exact) mass is 422 g/mol. The molecule has 4 heterocycles. The Morgan fingerprint density at radius 3 is 2.87 bits per heavy atom. The maximum Gasteiger partial charge on any atom is 0.228 e. The average Bonchev–Trinajstić information content (AvgIpc) is 3.16. The first-order valence-electron chi connectivity index (χ1n) is 12.0. The molecule has 0 unspecified atom stereocenters. The molecule has 0 spiro atoms. The van der Waals surface area contributed by atoms with Crippen LogP contribution in [-0.4, -0.2) is 57.0 Å². The van der Waals surface area contributed by atoms with Gasteiger partial charge in [0.1, 0.15) is 0 Å². The maximum atomic E-state index is 13.3. The van der Waals surface area contributed by atoms with E-state index in [1.54, 1.807) is 0 Å². The highest BCUT2D eigenvalue weighted by Crippen LogP contribution is 2.43. The molecule has 3 aliphatic rings. The third-order valence-electron chi connectivity index (χ3n) is 7.76. The molecule has 2 bridgehead atoms. The molecule has 2 amide bonds. The molecule has 6 nitrogen and oxygen atoms in total. The van der Waals surface area contributed by atoms with Crippen LogP contribution in [0.3, 0.4) is 0 Å². The van der Waals surface area contributed by atoms with Crippen LogP contribution in [0.2, 0.25) is 0 Å². The number of nitrogens with zero attached hydrogens (tertiary/aromatic N) is 3. The van der Waals surface area contributed by atoms with E-state index in [0.717, 1.165) is 61.8 Å². The molecule has 3 fully saturated rings. The van der Waals surface area contributed by atoms with E-state index in [0.29, 0.717) is 48.6 Å². The highest BCUT2D eigenvalue weighted by molar-refractivity contribution is 5.87. The van der Waals surface area contributed by atoms with Crippen molar-refractivity contribution in [2.45, 2.75) is 70.9 Å². The summed E-state index contributed by atoms with van der Waals surface area (Å²) >= 11 is 0. The van der Waals surface area contributed by atoms with Crippen LogP contribution in [0.1, 0.15) is 58.1 Å². The number of hydrogen-bond donors (Lipinski definition) is 1. The van der Waals surface area contributed by atoms with Crippen molar-refractivity contribution >= 4 is 22.7 Å². The van der Waals surface area contributed by atoms with Crippen LogP contribution in [0.5, 0.6) is 0 Å². The van der Waals surface area contributed by atoms with E-state index in [2.05, 4.69) is 33.8 Å². The highest BCUT2D eigenvalue weighted by Gasteiger charge is 2.49. The molecule has 6 heteroatoms. The summed E-state index contributed by atoms with van der Waals surface area (Å²) < 4.78 is 0. The van der Waals surface area contributed by atoms with Crippen LogP contribution < -0.4 is 0 Å². The zero-order chi connectivity index (χ0) is 21.5. The number of H-pyrrole nitrogens is 1. The van der Waals surface area contributed by atoms with Crippen LogP contribution in [0.4, 0.5) is 0 Å². The van der Waals surface area contributed by atoms with Crippen LogP contribution in [0.25, 0.3) is 10.9 Å². The second-order valence-electron chi connectivity index (χ2n) is 10.2. The molecular formula is C25H34N4O2. The Morgan fingerprint density at radius 1 is 1.23 bits per heavy atom. The van der Waals surface area contributed by atoms with Crippen molar-refractivity contribution in [3.8, 4) is 0 Å². The minimum Gasteiger partial charge on any atom is -0.342 e. The predicted molar refractivity (Wildman–Crippen MR) is 120 cm³/mol. The first-order chi connectivity index (χ1) is 15.0. The number of para-hydroxylation sites is 1. The lowest BCUT2D eigenvalue weighted by Gasteiger charge is -2.57. The molecule has 0 aliphatic carbocycles. The summed E-state index contributed by atoms with van der Waals surface area (Å²) in [6.45, 7) is 6.08. The zero-order valence-corrected chi connectivity index (χ0v) is 18.7. The summed E-state index contributed by atoms with van der Waals surface area (Å²) in [6.07, 6.45) is 6.50. The summed E-state index contributed by atoms with van der Waals surface area (Å²) in [7, 11) is 0. The summed E-state index contributed by atoms with van der Waals surface area (Å²) in [5, 5.41) is 8.46. The lowest BCUT2D eigenvalue weighted by atomic mass is 9.70. The van der Waals surface area contributed by atoms with Gasteiger partial charge in [0.15, 0.2) is 0 Å². The van der Waals surface area contributed by atoms with Crippen LogP contribution in [0.15, 0.2) is 24.3 Å². The van der Waals surface area contributed by atoms with Gasteiger partial charge in [-0.25, -0.2) is 0 Å². The first kappa shape index (κ1) is 20.5. The van der Waals surface area contributed by atoms with Crippen LogP contribution in [-0.2, 0) is 16.0 Å². The number of aromatic nitrogens is 2. The molecular weight excluding hydrogens is 388 g/mol. The smallest absolute Gasteiger partial charge is 0.228 e. The Kier molecular flexibility index (Phi) is 5.49. The molecule has 166 valence electrons. The Labute approximate surface area is 184 Å². The molecule has 0 saturated carbocycles. The molecule has 1 N–H and O–H groups in total. The largest absolute Gasteiger partial charge is 0.342 e. The Balaban J connectivity index is 1.35. The number of carbonyl (C=O) groups excluding carboxylic acids is 2. The lowest BCUT2D eigenvalue weighted by molar-refractivity contribution is -0.156. The van der Waals surface area contributed by atoms with E-state index < -0.39 is 0 Å². The number of carbonyl (C=O) groups is 2. The maximum absolute atomic E-state index is 13.3. The summed E-state index contributed by atoms with van der Waals surface area (Å²) in [4.78, 5) is 30.6. The number of nitrogens with one attached hydrogen (secondary N) is 1. The van der Waals surface area contributed by atoms with Gasteiger partial charge in [0.05, 0.1) is 17.6 Å². The van der Waals surface area contributed by atoms with Crippen LogP contribution in [0, 0.1) is 17.8 Å². The molecule has 2 aromatic rings. The normalized spacial score (nSPS) is 28.3. The van der Waals surface area contributed by atoms with E-state index in [1.807, 2.05) is 24.3 Å². The molecule has 1 aromatic carbocycles. The van der Waals surface area contributed by atoms with E-state index >= 15 is 0 Å². The number of piperidine rings is 3. The number of hydrogen-bond acceptors (Lipinski definition) is 3. The molecule has 3 saturated heterocycles. The van der Waals surface area contributed by atoms with Crippen molar-refractivity contribution in [3.63, 3.8) is 0 Å². The van der Waals surface area contributed by atoms with Gasteiger partial charge in [-0.15, -0.1) is 0 Å². The minimum absolute atomic E-state index is 0.183. The minimum atomic E-state index is 0.183. The standard InChI is InChI=1S/C25H34N4O2/c1-16(2)10-11-23-18-12-17(22-8-5-9-24(30)29(22)23)14-28(15-18)25(31)13-21-19-6-3-4-7-20(19)26-27-21/h3-4,6-7,16-18,22-23H,5,8-15H2,1-2H3,(H,26,27)/t17-,18+,22+,23+/m1/s1. The average molecular weight is 423 g/mol. The fraction of sp³-hybridized carbons (Fsp3) is 0.640. The number of rotatable bonds is 5. The van der Waals surface area contributed by atoms with E-state index in [-0.39, 0.29) is 5.91 Å². The second kappa shape index (κ2) is 8.29. The highest BCUT2D eigenvalue weighted by atomic mass is 16.2. The van der Waals surface area contributed by atoms with Gasteiger partial charge in [-0.3, -0.25) is 14.7 Å². The number of aromatic amines is 1. The molecule has 3 aliphatic heterocycles. The van der Waals surface area contributed by atoms with Crippen molar-refractivity contribution in [3.05, 3.63) is 30.0 Å². The second-order valence-corrected chi connectivity index (χ2v) is 10.2. The van der Waals surface area contributed by atoms with Gasteiger partial charge in [0.25, 0.3) is 0 Å². The van der Waals surface area contributed by atoms with Crippen molar-refractivity contribution < 1.29 is 9.59 Å². The summed E-state index contributed by atoms with van der Waals surface area (Å²) in [5.74, 6) is 1.98. The number of benzene rings is 1. The van der Waals surface area contributed by atoms with Gasteiger partial charge in [-0.1, -0.05) is 32.0 Å². The third kappa shape index (κ3) is 3.85. The Bertz CT molecular complexity index is 967. The third-order valence-corrected chi connectivity index (χ3v) is 7.76. The van der Waals surface area contributed by atoms with E-state index in [1.165, 1.54) is 0 Å². The topological polar surface area (TPSA) is 69.3 Å². The van der Waals surface area contributed by atoms with Crippen molar-refractivity contribution in [1.82, 2.24) is 20.0 Å². The molecule has 5 rings (SSSR count). The van der Waals surface area contributed by atoms with Gasteiger partial charge in [0.2, 0.25) is 11.8 Å². The Morgan fingerprint density at radius 2 is 2.03 bits per heavy atom. The number of likely N-dealkylation sites (tertiary alicyclic amines) is 1. The Hall–Kier alpha value is -2.37. The summed E-state index contributed by atoms with van der Waals surface area (Å²) in [6, 6.07) is 8.57. The molecule has 0 radical (unpaired) electrons. The van der Waals surface area contributed by atoms with Gasteiger partial charge >= 0.3 is 0 Å². The van der Waals surface area contributed by atoms with Crippen molar-refractivity contribution in [1.29, 1.82) is 0 Å². The predicted octanol–water partition coefficient (Wildman–Crippen LogP) is 3.77. The van der Waals surface area contributed by atoms with Gasteiger partial charge < -0.3 is 9.80 Å². The quantitative estimate of drug-likeness (QED) is 0.797. The number of fused-ring (bicyclic) bond motifs is 5. The first-order valence-corrected chi connectivity index (χ1v) is 12.0. The van der Waals surface area contributed by atoms with Gasteiger partial charge in [-0.2, -0.15) is 5.10 Å². The van der Waals surface area contributed by atoms with Crippen molar-refractivity contribution in [2.24, 2.45) is 17.8 Å².